The van der Waals surface area contributed by atoms with Gasteiger partial charge in [0.25, 0.3) is 5.91 Å². The predicted octanol–water partition coefficient (Wildman–Crippen LogP) is 4.62. The second-order valence-corrected chi connectivity index (χ2v) is 8.54. The third-order valence-electron chi connectivity index (χ3n) is 5.44. The van der Waals surface area contributed by atoms with Crippen LogP contribution in [0.3, 0.4) is 0 Å². The van der Waals surface area contributed by atoms with Gasteiger partial charge in [-0.05, 0) is 99.6 Å². The first-order chi connectivity index (χ1) is 13.6. The lowest BCUT2D eigenvalue weighted by atomic mass is 9.90. The summed E-state index contributed by atoms with van der Waals surface area (Å²) in [6.07, 6.45) is 5.61. The van der Waals surface area contributed by atoms with Crippen LogP contribution in [0, 0.1) is 5.92 Å². The number of phenolic OH excluding ortho intramolecular Hbond substituents is 1. The van der Waals surface area contributed by atoms with Crippen LogP contribution < -0.4 is 5.32 Å². The molecule has 150 valence electrons. The lowest BCUT2D eigenvalue weighted by Crippen LogP contribution is -2.35. The lowest BCUT2D eigenvalue weighted by Gasteiger charge is -2.32. The standard InChI is InChI=1S/C23H29BrN2O2/c24-21-8-6-20(7-9-21)23(28)25-12-1-2-13-26-14-10-18(11-15-26)16-19-4-3-5-22(27)17-19/h3-9,17-18,27H,1-2,10-16H2,(H,25,28). The van der Waals surface area contributed by atoms with Gasteiger partial charge in [0.05, 0.1) is 0 Å². The van der Waals surface area contributed by atoms with E-state index in [1.54, 1.807) is 6.07 Å². The number of rotatable bonds is 8. The monoisotopic (exact) mass is 444 g/mol. The van der Waals surface area contributed by atoms with Crippen LogP contribution in [0.4, 0.5) is 0 Å². The molecule has 1 saturated heterocycles. The van der Waals surface area contributed by atoms with Gasteiger partial charge < -0.3 is 15.3 Å². The summed E-state index contributed by atoms with van der Waals surface area (Å²) in [7, 11) is 0. The molecule has 3 rings (SSSR count). The largest absolute Gasteiger partial charge is 0.508 e. The van der Waals surface area contributed by atoms with Crippen molar-refractivity contribution in [2.24, 2.45) is 5.92 Å². The molecule has 0 unspecified atom stereocenters. The van der Waals surface area contributed by atoms with Gasteiger partial charge in [-0.2, -0.15) is 0 Å². The molecule has 2 aromatic carbocycles. The van der Waals surface area contributed by atoms with Crippen LogP contribution in [-0.2, 0) is 6.42 Å². The van der Waals surface area contributed by atoms with E-state index >= 15 is 0 Å². The number of amides is 1. The Bertz CT molecular complexity index is 755. The van der Waals surface area contributed by atoms with Crippen LogP contribution in [0.2, 0.25) is 0 Å². The molecule has 0 spiro atoms. The van der Waals surface area contributed by atoms with Crippen molar-refractivity contribution in [2.75, 3.05) is 26.2 Å². The second kappa shape index (κ2) is 10.6. The molecule has 0 saturated carbocycles. The fourth-order valence-corrected chi connectivity index (χ4v) is 4.06. The van der Waals surface area contributed by atoms with Crippen LogP contribution in [0.15, 0.2) is 53.0 Å². The van der Waals surface area contributed by atoms with E-state index in [2.05, 4.69) is 32.2 Å². The topological polar surface area (TPSA) is 52.6 Å². The Morgan fingerprint density at radius 2 is 1.86 bits per heavy atom. The third-order valence-corrected chi connectivity index (χ3v) is 5.96. The van der Waals surface area contributed by atoms with Gasteiger partial charge in [0.2, 0.25) is 0 Å². The van der Waals surface area contributed by atoms with E-state index in [0.717, 1.165) is 49.9 Å². The van der Waals surface area contributed by atoms with Crippen molar-refractivity contribution in [2.45, 2.75) is 32.1 Å². The van der Waals surface area contributed by atoms with Crippen LogP contribution in [0.5, 0.6) is 5.75 Å². The van der Waals surface area contributed by atoms with E-state index in [4.69, 9.17) is 0 Å². The van der Waals surface area contributed by atoms with Crippen molar-refractivity contribution in [3.63, 3.8) is 0 Å². The minimum atomic E-state index is 0.000244. The molecule has 0 atom stereocenters. The molecule has 5 heteroatoms. The Hall–Kier alpha value is -1.85. The number of hydrogen-bond acceptors (Lipinski definition) is 3. The maximum absolute atomic E-state index is 12.1. The first-order valence-electron chi connectivity index (χ1n) is 10.1. The first kappa shape index (κ1) is 20.9. The molecule has 1 heterocycles. The Morgan fingerprint density at radius 1 is 1.11 bits per heavy atom. The zero-order valence-electron chi connectivity index (χ0n) is 16.2. The highest BCUT2D eigenvalue weighted by atomic mass is 79.9. The normalized spacial score (nSPS) is 15.5. The average molecular weight is 445 g/mol. The van der Waals surface area contributed by atoms with Crippen molar-refractivity contribution >= 4 is 21.8 Å². The number of carbonyl (C=O) groups excluding carboxylic acids is 1. The number of piperidine rings is 1. The van der Waals surface area contributed by atoms with Gasteiger partial charge in [-0.15, -0.1) is 0 Å². The Labute approximate surface area is 176 Å². The summed E-state index contributed by atoms with van der Waals surface area (Å²) in [4.78, 5) is 14.6. The third kappa shape index (κ3) is 6.64. The maximum atomic E-state index is 12.1. The molecule has 4 nitrogen and oxygen atoms in total. The first-order valence-corrected chi connectivity index (χ1v) is 10.9. The highest BCUT2D eigenvalue weighted by Gasteiger charge is 2.19. The molecular weight excluding hydrogens is 416 g/mol. The summed E-state index contributed by atoms with van der Waals surface area (Å²) in [5, 5.41) is 12.6. The SMILES string of the molecule is O=C(NCCCCN1CCC(Cc2cccc(O)c2)CC1)c1ccc(Br)cc1. The molecule has 1 aliphatic rings. The molecule has 28 heavy (non-hydrogen) atoms. The Morgan fingerprint density at radius 3 is 2.57 bits per heavy atom. The number of nitrogens with zero attached hydrogens (tertiary/aromatic N) is 1. The predicted molar refractivity (Wildman–Crippen MR) is 117 cm³/mol. The summed E-state index contributed by atoms with van der Waals surface area (Å²) in [6.45, 7) is 4.12. The number of unbranched alkanes of at least 4 members (excludes halogenated alkanes) is 1. The van der Waals surface area contributed by atoms with Gasteiger partial charge in [0, 0.05) is 16.6 Å². The molecule has 0 aromatic heterocycles. The van der Waals surface area contributed by atoms with E-state index in [-0.39, 0.29) is 5.91 Å². The lowest BCUT2D eigenvalue weighted by molar-refractivity contribution is 0.0952. The summed E-state index contributed by atoms with van der Waals surface area (Å²) < 4.78 is 0.981. The fourth-order valence-electron chi connectivity index (χ4n) is 3.80. The highest BCUT2D eigenvalue weighted by Crippen LogP contribution is 2.23. The van der Waals surface area contributed by atoms with Gasteiger partial charge in [0.1, 0.15) is 5.75 Å². The summed E-state index contributed by atoms with van der Waals surface area (Å²) in [5.74, 6) is 1.07. The summed E-state index contributed by atoms with van der Waals surface area (Å²) in [5.41, 5.74) is 1.94. The van der Waals surface area contributed by atoms with E-state index < -0.39 is 0 Å². The highest BCUT2D eigenvalue weighted by molar-refractivity contribution is 9.10. The molecular formula is C23H29BrN2O2. The van der Waals surface area contributed by atoms with Crippen LogP contribution in [-0.4, -0.2) is 42.1 Å². The maximum Gasteiger partial charge on any atom is 0.251 e. The second-order valence-electron chi connectivity index (χ2n) is 7.63. The average Bonchev–Trinajstić information content (AvgIpc) is 2.69. The number of nitrogens with one attached hydrogen (secondary N) is 1. The van der Waals surface area contributed by atoms with Gasteiger partial charge in [0.15, 0.2) is 0 Å². The van der Waals surface area contributed by atoms with E-state index in [1.165, 1.54) is 18.4 Å². The summed E-state index contributed by atoms with van der Waals surface area (Å²) in [6, 6.07) is 15.1. The van der Waals surface area contributed by atoms with Gasteiger partial charge in [-0.25, -0.2) is 0 Å². The van der Waals surface area contributed by atoms with E-state index in [0.29, 0.717) is 17.2 Å². The van der Waals surface area contributed by atoms with Crippen molar-refractivity contribution in [1.29, 1.82) is 0 Å². The molecule has 2 aromatic rings. The Kier molecular flexibility index (Phi) is 7.92. The van der Waals surface area contributed by atoms with Gasteiger partial charge >= 0.3 is 0 Å². The number of phenols is 1. The number of hydrogen-bond donors (Lipinski definition) is 2. The number of carbonyl (C=O) groups is 1. The van der Waals surface area contributed by atoms with E-state index in [1.807, 2.05) is 36.4 Å². The van der Waals surface area contributed by atoms with Crippen LogP contribution in [0.25, 0.3) is 0 Å². The molecule has 0 bridgehead atoms. The van der Waals surface area contributed by atoms with Crippen LogP contribution in [0.1, 0.15) is 41.6 Å². The van der Waals surface area contributed by atoms with Crippen molar-refractivity contribution < 1.29 is 9.90 Å². The van der Waals surface area contributed by atoms with Crippen molar-refractivity contribution in [3.05, 3.63) is 64.1 Å². The smallest absolute Gasteiger partial charge is 0.251 e. The molecule has 0 aliphatic carbocycles. The molecule has 2 N–H and O–H groups in total. The fraction of sp³-hybridized carbons (Fsp3) is 0.435. The molecule has 0 radical (unpaired) electrons. The molecule has 1 aliphatic heterocycles. The van der Waals surface area contributed by atoms with Crippen molar-refractivity contribution in [3.8, 4) is 5.75 Å². The number of aromatic hydroxyl groups is 1. The van der Waals surface area contributed by atoms with Crippen LogP contribution >= 0.6 is 15.9 Å². The number of likely N-dealkylation sites (tertiary alicyclic amines) is 1. The number of benzene rings is 2. The number of halogens is 1. The van der Waals surface area contributed by atoms with Gasteiger partial charge in [-0.3, -0.25) is 4.79 Å². The molecule has 1 amide bonds. The Balaban J connectivity index is 1.27. The minimum absolute atomic E-state index is 0.000244. The van der Waals surface area contributed by atoms with Gasteiger partial charge in [-0.1, -0.05) is 28.1 Å². The molecule has 1 fully saturated rings. The zero-order valence-corrected chi connectivity index (χ0v) is 17.8. The summed E-state index contributed by atoms with van der Waals surface area (Å²) >= 11 is 3.38. The zero-order chi connectivity index (χ0) is 19.8. The van der Waals surface area contributed by atoms with E-state index in [9.17, 15) is 9.90 Å². The minimum Gasteiger partial charge on any atom is -0.508 e. The quantitative estimate of drug-likeness (QED) is 0.583. The van der Waals surface area contributed by atoms with Crippen molar-refractivity contribution in [1.82, 2.24) is 10.2 Å².